The van der Waals surface area contributed by atoms with Crippen LogP contribution in [0.25, 0.3) is 17.1 Å². The minimum atomic E-state index is -4.63. The van der Waals surface area contributed by atoms with E-state index in [2.05, 4.69) is 14.7 Å². The van der Waals surface area contributed by atoms with Gasteiger partial charge in [-0.25, -0.2) is 14.3 Å². The topological polar surface area (TPSA) is 60.9 Å². The van der Waals surface area contributed by atoms with Crippen LogP contribution in [0, 0.1) is 13.8 Å². The molecule has 0 saturated carbocycles. The van der Waals surface area contributed by atoms with Crippen molar-refractivity contribution in [2.45, 2.75) is 25.0 Å². The third kappa shape index (κ3) is 3.26. The highest BCUT2D eigenvalue weighted by atomic mass is 32.2. The summed E-state index contributed by atoms with van der Waals surface area (Å²) in [7, 11) is 0. The first-order valence-electron chi connectivity index (χ1n) is 7.50. The van der Waals surface area contributed by atoms with E-state index in [4.69, 9.17) is 0 Å². The van der Waals surface area contributed by atoms with Crippen molar-refractivity contribution in [2.24, 2.45) is 0 Å². The van der Waals surface area contributed by atoms with E-state index in [1.807, 2.05) is 13.0 Å². The van der Waals surface area contributed by atoms with Crippen LogP contribution in [0.15, 0.2) is 44.8 Å². The van der Waals surface area contributed by atoms with E-state index >= 15 is 0 Å². The monoisotopic (exact) mass is 381 g/mol. The van der Waals surface area contributed by atoms with Gasteiger partial charge in [0.25, 0.3) is 0 Å². The molecular formula is C17H14F3N3O2S. The van der Waals surface area contributed by atoms with Gasteiger partial charge in [-0.2, -0.15) is 13.2 Å². The van der Waals surface area contributed by atoms with Crippen molar-refractivity contribution < 1.29 is 17.7 Å². The number of pyridine rings is 1. The fraction of sp³-hybridized carbons (Fsp3) is 0.235. The van der Waals surface area contributed by atoms with Crippen LogP contribution in [-0.4, -0.2) is 21.0 Å². The van der Waals surface area contributed by atoms with Crippen molar-refractivity contribution in [3.05, 3.63) is 57.7 Å². The van der Waals surface area contributed by atoms with Crippen molar-refractivity contribution in [2.75, 3.05) is 6.26 Å². The van der Waals surface area contributed by atoms with Crippen LogP contribution in [-0.2, 0) is 6.18 Å². The summed E-state index contributed by atoms with van der Waals surface area (Å²) in [6.45, 7) is 3.63. The summed E-state index contributed by atoms with van der Waals surface area (Å²) in [4.78, 5) is 16.2. The lowest BCUT2D eigenvalue weighted by Gasteiger charge is -2.14. The number of aryl methyl sites for hydroxylation is 2. The molecule has 5 nitrogen and oxygen atoms in total. The SMILES string of the molecule is CSc1cc(C(F)(F)F)c(-c2noc(=O)n2-c2ccc(C)cc2C)cn1. The third-order valence-corrected chi connectivity index (χ3v) is 4.47. The summed E-state index contributed by atoms with van der Waals surface area (Å²) < 4.78 is 46.3. The Morgan fingerprint density at radius 1 is 1.19 bits per heavy atom. The molecule has 0 spiro atoms. The van der Waals surface area contributed by atoms with E-state index in [0.29, 0.717) is 11.3 Å². The van der Waals surface area contributed by atoms with Gasteiger partial charge < -0.3 is 0 Å². The van der Waals surface area contributed by atoms with Gasteiger partial charge in [-0.15, -0.1) is 11.8 Å². The highest BCUT2D eigenvalue weighted by Gasteiger charge is 2.36. The van der Waals surface area contributed by atoms with Crippen LogP contribution >= 0.6 is 11.8 Å². The third-order valence-electron chi connectivity index (χ3n) is 3.83. The van der Waals surface area contributed by atoms with Crippen molar-refractivity contribution >= 4 is 11.8 Å². The number of hydrogen-bond acceptors (Lipinski definition) is 5. The number of rotatable bonds is 3. The molecule has 0 atom stereocenters. The molecule has 2 heterocycles. The highest BCUT2D eigenvalue weighted by Crippen LogP contribution is 2.38. The zero-order chi connectivity index (χ0) is 19.1. The number of benzene rings is 1. The lowest BCUT2D eigenvalue weighted by Crippen LogP contribution is -2.16. The van der Waals surface area contributed by atoms with Crippen LogP contribution in [0.1, 0.15) is 16.7 Å². The Hall–Kier alpha value is -2.55. The maximum Gasteiger partial charge on any atom is 0.446 e. The second-order valence-corrected chi connectivity index (χ2v) is 6.49. The number of alkyl halides is 3. The lowest BCUT2D eigenvalue weighted by atomic mass is 10.1. The van der Waals surface area contributed by atoms with E-state index < -0.39 is 17.5 Å². The molecule has 0 aliphatic carbocycles. The van der Waals surface area contributed by atoms with Crippen molar-refractivity contribution in [3.63, 3.8) is 0 Å². The molecule has 0 unspecified atom stereocenters. The summed E-state index contributed by atoms with van der Waals surface area (Å²) in [5.41, 5.74) is 0.821. The molecule has 0 N–H and O–H groups in total. The smallest absolute Gasteiger partial charge is 0.295 e. The van der Waals surface area contributed by atoms with E-state index in [1.54, 1.807) is 25.3 Å². The molecule has 136 valence electrons. The fourth-order valence-electron chi connectivity index (χ4n) is 2.65. The van der Waals surface area contributed by atoms with E-state index in [9.17, 15) is 18.0 Å². The van der Waals surface area contributed by atoms with Gasteiger partial charge in [0.2, 0.25) is 0 Å². The van der Waals surface area contributed by atoms with Gasteiger partial charge in [-0.1, -0.05) is 22.9 Å². The minimum absolute atomic E-state index is 0.213. The first kappa shape index (κ1) is 18.2. The maximum atomic E-state index is 13.5. The van der Waals surface area contributed by atoms with Gasteiger partial charge in [-0.3, -0.25) is 4.52 Å². The quantitative estimate of drug-likeness (QED) is 0.635. The van der Waals surface area contributed by atoms with E-state index in [0.717, 1.165) is 34.2 Å². The van der Waals surface area contributed by atoms with Gasteiger partial charge in [0.15, 0.2) is 5.82 Å². The van der Waals surface area contributed by atoms with Gasteiger partial charge in [0.05, 0.1) is 21.8 Å². The van der Waals surface area contributed by atoms with E-state index in [1.165, 1.54) is 0 Å². The summed E-state index contributed by atoms with van der Waals surface area (Å²) in [6.07, 6.45) is -1.94. The van der Waals surface area contributed by atoms with Gasteiger partial charge in [0.1, 0.15) is 0 Å². The van der Waals surface area contributed by atoms with Crippen LogP contribution in [0.4, 0.5) is 13.2 Å². The van der Waals surface area contributed by atoms with Gasteiger partial charge in [0, 0.05) is 6.20 Å². The number of aromatic nitrogens is 3. The highest BCUT2D eigenvalue weighted by molar-refractivity contribution is 7.98. The largest absolute Gasteiger partial charge is 0.446 e. The molecule has 0 radical (unpaired) electrons. The Labute approximate surface area is 150 Å². The molecule has 0 bridgehead atoms. The molecule has 2 aromatic heterocycles. The Balaban J connectivity index is 2.29. The second-order valence-electron chi connectivity index (χ2n) is 5.67. The molecule has 3 aromatic rings. The number of thioether (sulfide) groups is 1. The maximum absolute atomic E-state index is 13.5. The Bertz CT molecular complexity index is 1020. The van der Waals surface area contributed by atoms with Gasteiger partial charge >= 0.3 is 11.9 Å². The molecular weight excluding hydrogens is 367 g/mol. The summed E-state index contributed by atoms with van der Waals surface area (Å²) >= 11 is 1.09. The number of nitrogens with zero attached hydrogens (tertiary/aromatic N) is 3. The number of hydrogen-bond donors (Lipinski definition) is 0. The van der Waals surface area contributed by atoms with Crippen molar-refractivity contribution in [1.82, 2.24) is 14.7 Å². The molecule has 9 heteroatoms. The molecule has 0 amide bonds. The van der Waals surface area contributed by atoms with Crippen molar-refractivity contribution in [1.29, 1.82) is 0 Å². The summed E-state index contributed by atoms with van der Waals surface area (Å²) in [5.74, 6) is -1.11. The summed E-state index contributed by atoms with van der Waals surface area (Å²) in [5, 5.41) is 3.80. The summed E-state index contributed by atoms with van der Waals surface area (Å²) in [6, 6.07) is 6.15. The predicted molar refractivity (Wildman–Crippen MR) is 91.6 cm³/mol. The van der Waals surface area contributed by atoms with Crippen LogP contribution in [0.3, 0.4) is 0 Å². The minimum Gasteiger partial charge on any atom is -0.295 e. The zero-order valence-corrected chi connectivity index (χ0v) is 14.9. The standard InChI is InChI=1S/C17H14F3N3O2S/c1-9-4-5-13(10(2)6-9)23-15(22-25-16(23)24)11-8-21-14(26-3)7-12(11)17(18,19)20/h4-8H,1-3H3. The molecule has 0 saturated heterocycles. The molecule has 0 aliphatic heterocycles. The molecule has 0 aliphatic rings. The normalized spacial score (nSPS) is 11.8. The van der Waals surface area contributed by atoms with Crippen molar-refractivity contribution in [3.8, 4) is 17.1 Å². The average Bonchev–Trinajstić information content (AvgIpc) is 2.95. The molecule has 1 aromatic carbocycles. The molecule has 3 rings (SSSR count). The van der Waals surface area contributed by atoms with Crippen LogP contribution in [0.2, 0.25) is 0 Å². The fourth-order valence-corrected chi connectivity index (χ4v) is 3.04. The Morgan fingerprint density at radius 3 is 2.54 bits per heavy atom. The predicted octanol–water partition coefficient (Wildman–Crippen LogP) is 4.25. The Morgan fingerprint density at radius 2 is 1.92 bits per heavy atom. The molecule has 0 fully saturated rings. The number of halogens is 3. The van der Waals surface area contributed by atoms with E-state index in [-0.39, 0.29) is 16.4 Å². The van der Waals surface area contributed by atoms with Crippen LogP contribution < -0.4 is 5.76 Å². The zero-order valence-electron chi connectivity index (χ0n) is 14.1. The first-order chi connectivity index (χ1) is 12.2. The lowest BCUT2D eigenvalue weighted by molar-refractivity contribution is -0.137. The average molecular weight is 381 g/mol. The van der Waals surface area contributed by atoms with Crippen LogP contribution in [0.5, 0.6) is 0 Å². The first-order valence-corrected chi connectivity index (χ1v) is 8.73. The Kier molecular flexibility index (Phi) is 4.66. The molecule has 26 heavy (non-hydrogen) atoms. The second kappa shape index (κ2) is 6.64. The van der Waals surface area contributed by atoms with Gasteiger partial charge in [-0.05, 0) is 37.8 Å².